The molecule has 2 aliphatic heterocycles. The highest BCUT2D eigenvalue weighted by Gasteiger charge is 2.31. The number of nitrogens with one attached hydrogen (secondary N) is 1. The number of benzene rings is 2. The smallest absolute Gasteiger partial charge is 0.265 e. The molecule has 2 atom stereocenters. The molecule has 0 aromatic heterocycles. The normalized spacial score (nSPS) is 19.8. The number of anilines is 1. The number of hydrogen-bond donors (Lipinski definition) is 1. The van der Waals surface area contributed by atoms with Crippen molar-refractivity contribution in [2.75, 3.05) is 44.3 Å². The highest BCUT2D eigenvalue weighted by molar-refractivity contribution is 6.31. The van der Waals surface area contributed by atoms with Crippen molar-refractivity contribution in [3.05, 3.63) is 58.9 Å². The fourth-order valence-electron chi connectivity index (χ4n) is 4.11. The first-order valence-corrected chi connectivity index (χ1v) is 10.9. The Labute approximate surface area is 191 Å². The number of halogens is 2. The van der Waals surface area contributed by atoms with Gasteiger partial charge < -0.3 is 14.8 Å². The van der Waals surface area contributed by atoms with Crippen molar-refractivity contribution in [1.82, 2.24) is 10.2 Å². The van der Waals surface area contributed by atoms with Gasteiger partial charge in [0.2, 0.25) is 5.91 Å². The van der Waals surface area contributed by atoms with Gasteiger partial charge >= 0.3 is 0 Å². The summed E-state index contributed by atoms with van der Waals surface area (Å²) in [5.41, 5.74) is 0.894. The van der Waals surface area contributed by atoms with Gasteiger partial charge in [0.1, 0.15) is 18.1 Å². The Balaban J connectivity index is 1.50. The van der Waals surface area contributed by atoms with Gasteiger partial charge in [-0.2, -0.15) is 0 Å². The molecule has 4 rings (SSSR count). The van der Waals surface area contributed by atoms with E-state index in [9.17, 15) is 14.0 Å². The molecule has 7 nitrogen and oxygen atoms in total. The molecule has 1 saturated heterocycles. The van der Waals surface area contributed by atoms with Gasteiger partial charge in [-0.25, -0.2) is 4.39 Å². The van der Waals surface area contributed by atoms with Crippen molar-refractivity contribution >= 4 is 29.1 Å². The highest BCUT2D eigenvalue weighted by Crippen LogP contribution is 2.32. The molecule has 0 spiro atoms. The van der Waals surface area contributed by atoms with Crippen LogP contribution in [0.25, 0.3) is 0 Å². The molecular formula is C23H25ClFN3O4. The van der Waals surface area contributed by atoms with Crippen LogP contribution in [0.1, 0.15) is 18.5 Å². The molecule has 9 heteroatoms. The molecular weight excluding hydrogens is 437 g/mol. The summed E-state index contributed by atoms with van der Waals surface area (Å²) in [4.78, 5) is 28.6. The van der Waals surface area contributed by atoms with E-state index in [0.29, 0.717) is 41.7 Å². The van der Waals surface area contributed by atoms with E-state index in [4.69, 9.17) is 21.1 Å². The lowest BCUT2D eigenvalue weighted by atomic mass is 10.0. The lowest BCUT2D eigenvalue weighted by Gasteiger charge is -2.38. The summed E-state index contributed by atoms with van der Waals surface area (Å²) in [7, 11) is 0. The number of carbonyl (C=O) groups is 2. The molecule has 2 amide bonds. The van der Waals surface area contributed by atoms with Crippen LogP contribution in [0.5, 0.6) is 5.75 Å². The third-order valence-electron chi connectivity index (χ3n) is 5.65. The van der Waals surface area contributed by atoms with Gasteiger partial charge in [-0.05, 0) is 31.2 Å². The fraction of sp³-hybridized carbons (Fsp3) is 0.391. The Morgan fingerprint density at radius 2 is 2.09 bits per heavy atom. The topological polar surface area (TPSA) is 71.1 Å². The quantitative estimate of drug-likeness (QED) is 0.716. The standard InChI is InChI=1S/C23H25ClFN3O4/c1-15-12-27(9-10-31-15)19(23-16(24)5-4-6-17(23)25)11-26-21(29)13-28-18-7-2-3-8-20(18)32-14-22(28)30/h2-8,15,19H,9-14H2,1H3,(H,26,29). The van der Waals surface area contributed by atoms with Crippen molar-refractivity contribution in [3.8, 4) is 5.75 Å². The van der Waals surface area contributed by atoms with Crippen LogP contribution in [0.15, 0.2) is 42.5 Å². The molecule has 2 aromatic carbocycles. The SMILES string of the molecule is CC1CN(C(CNC(=O)CN2C(=O)COc3ccccc32)c2c(F)cccc2Cl)CCO1. The first kappa shape index (κ1) is 22.5. The van der Waals surface area contributed by atoms with Crippen LogP contribution in [0.3, 0.4) is 0 Å². The molecule has 1 N–H and O–H groups in total. The first-order valence-electron chi connectivity index (χ1n) is 10.5. The van der Waals surface area contributed by atoms with E-state index in [1.165, 1.54) is 11.0 Å². The number of morpholine rings is 1. The molecule has 32 heavy (non-hydrogen) atoms. The number of nitrogens with zero attached hydrogens (tertiary/aromatic N) is 2. The molecule has 1 fully saturated rings. The first-order chi connectivity index (χ1) is 15.4. The predicted octanol–water partition coefficient (Wildman–Crippen LogP) is 2.78. The van der Waals surface area contributed by atoms with E-state index >= 15 is 0 Å². The number of amides is 2. The lowest BCUT2D eigenvalue weighted by molar-refractivity contribution is -0.125. The third-order valence-corrected chi connectivity index (χ3v) is 5.98. The molecule has 2 unspecified atom stereocenters. The number of rotatable bonds is 6. The monoisotopic (exact) mass is 461 g/mol. The second kappa shape index (κ2) is 9.85. The van der Waals surface area contributed by atoms with Gasteiger partial charge in [0.05, 0.1) is 24.4 Å². The molecule has 0 saturated carbocycles. The Morgan fingerprint density at radius 1 is 1.28 bits per heavy atom. The van der Waals surface area contributed by atoms with E-state index in [1.807, 2.05) is 6.92 Å². The minimum atomic E-state index is -0.466. The average Bonchev–Trinajstić information content (AvgIpc) is 2.77. The van der Waals surface area contributed by atoms with Crippen molar-refractivity contribution in [2.24, 2.45) is 0 Å². The van der Waals surface area contributed by atoms with Gasteiger partial charge in [-0.1, -0.05) is 29.8 Å². The van der Waals surface area contributed by atoms with Crippen LogP contribution < -0.4 is 15.0 Å². The summed E-state index contributed by atoms with van der Waals surface area (Å²) in [6, 6.07) is 11.2. The van der Waals surface area contributed by atoms with Gasteiger partial charge in [-0.3, -0.25) is 19.4 Å². The van der Waals surface area contributed by atoms with Crippen LogP contribution in [0, 0.1) is 5.82 Å². The van der Waals surface area contributed by atoms with E-state index < -0.39 is 11.9 Å². The van der Waals surface area contributed by atoms with E-state index in [-0.39, 0.29) is 37.6 Å². The second-order valence-corrected chi connectivity index (χ2v) is 8.28. The summed E-state index contributed by atoms with van der Waals surface area (Å²) >= 11 is 6.35. The van der Waals surface area contributed by atoms with Gasteiger partial charge in [0.25, 0.3) is 5.91 Å². The van der Waals surface area contributed by atoms with Gasteiger partial charge in [-0.15, -0.1) is 0 Å². The van der Waals surface area contributed by atoms with E-state index in [1.54, 1.807) is 36.4 Å². The van der Waals surface area contributed by atoms with Crippen LogP contribution in [-0.2, 0) is 14.3 Å². The van der Waals surface area contributed by atoms with Crippen LogP contribution in [-0.4, -0.2) is 62.2 Å². The number of ether oxygens (including phenoxy) is 2. The van der Waals surface area contributed by atoms with Crippen molar-refractivity contribution in [2.45, 2.75) is 19.1 Å². The van der Waals surface area contributed by atoms with Gasteiger partial charge in [0, 0.05) is 30.2 Å². The molecule has 170 valence electrons. The highest BCUT2D eigenvalue weighted by atomic mass is 35.5. The largest absolute Gasteiger partial charge is 0.482 e. The number of fused-ring (bicyclic) bond motifs is 1. The lowest BCUT2D eigenvalue weighted by Crippen LogP contribution is -2.49. The van der Waals surface area contributed by atoms with Gasteiger partial charge in [0.15, 0.2) is 6.61 Å². The molecule has 0 bridgehead atoms. The zero-order valence-electron chi connectivity index (χ0n) is 17.7. The zero-order valence-corrected chi connectivity index (χ0v) is 18.5. The summed E-state index contributed by atoms with van der Waals surface area (Å²) in [6.07, 6.45) is -0.0185. The van der Waals surface area contributed by atoms with E-state index in [0.717, 1.165) is 0 Å². The molecule has 2 heterocycles. The summed E-state index contributed by atoms with van der Waals surface area (Å²) < 4.78 is 25.8. The summed E-state index contributed by atoms with van der Waals surface area (Å²) in [6.45, 7) is 3.50. The maximum Gasteiger partial charge on any atom is 0.265 e. The minimum Gasteiger partial charge on any atom is -0.482 e. The molecule has 2 aromatic rings. The summed E-state index contributed by atoms with van der Waals surface area (Å²) in [5, 5.41) is 3.17. The van der Waals surface area contributed by atoms with Crippen LogP contribution in [0.2, 0.25) is 5.02 Å². The maximum atomic E-state index is 14.7. The number of para-hydroxylation sites is 2. The maximum absolute atomic E-state index is 14.7. The Hall–Kier alpha value is -2.68. The van der Waals surface area contributed by atoms with Crippen LogP contribution >= 0.6 is 11.6 Å². The minimum absolute atomic E-state index is 0.0185. The van der Waals surface area contributed by atoms with Crippen LogP contribution in [0.4, 0.5) is 10.1 Å². The van der Waals surface area contributed by atoms with Crippen molar-refractivity contribution in [1.29, 1.82) is 0 Å². The van der Waals surface area contributed by atoms with Crippen molar-refractivity contribution < 1.29 is 23.5 Å². The Kier molecular flexibility index (Phi) is 6.93. The third kappa shape index (κ3) is 4.87. The predicted molar refractivity (Wildman–Crippen MR) is 118 cm³/mol. The number of hydrogen-bond acceptors (Lipinski definition) is 5. The molecule has 2 aliphatic rings. The van der Waals surface area contributed by atoms with Crippen molar-refractivity contribution in [3.63, 3.8) is 0 Å². The summed E-state index contributed by atoms with van der Waals surface area (Å²) in [5.74, 6) is -0.519. The fourth-order valence-corrected chi connectivity index (χ4v) is 4.40. The molecule has 0 aliphatic carbocycles. The number of carbonyl (C=O) groups excluding carboxylic acids is 2. The Morgan fingerprint density at radius 3 is 2.88 bits per heavy atom. The Bertz CT molecular complexity index is 985. The zero-order chi connectivity index (χ0) is 22.7. The average molecular weight is 462 g/mol. The molecule has 0 radical (unpaired) electrons. The second-order valence-electron chi connectivity index (χ2n) is 7.87. The van der Waals surface area contributed by atoms with E-state index in [2.05, 4.69) is 10.2 Å².